The second-order valence-electron chi connectivity index (χ2n) is 1.44. The van der Waals surface area contributed by atoms with Gasteiger partial charge in [0.1, 0.15) is 0 Å². The van der Waals surface area contributed by atoms with Crippen molar-refractivity contribution >= 4 is 40.6 Å². The number of carbonyl (C=O) groups excluding carboxylic acids is 3. The first-order chi connectivity index (χ1) is 4.63. The Bertz CT molecular complexity index is 158. The number of hydrogen-bond acceptors (Lipinski definition) is 3. The monoisotopic (exact) mass is 182 g/mol. The number of hydrogen-bond donors (Lipinski definition) is 0. The third kappa shape index (κ3) is 2.45. The van der Waals surface area contributed by atoms with Crippen molar-refractivity contribution in [2.75, 3.05) is 11.8 Å². The second-order valence-corrected chi connectivity index (χ2v) is 1.98. The van der Waals surface area contributed by atoms with E-state index in [2.05, 4.69) is 0 Å². The Hall–Kier alpha value is -0.410. The van der Waals surface area contributed by atoms with Crippen molar-refractivity contribution in [1.29, 1.82) is 0 Å². The van der Waals surface area contributed by atoms with Crippen molar-refractivity contribution in [3.05, 3.63) is 0 Å². The average Bonchev–Trinajstić information content (AvgIpc) is 2.00. The van der Waals surface area contributed by atoms with Crippen LogP contribution < -0.4 is 0 Å². The Morgan fingerprint density at radius 1 is 0.900 bits per heavy atom. The minimum atomic E-state index is -1.12. The summed E-state index contributed by atoms with van der Waals surface area (Å²) in [6, 6.07) is 0. The molecule has 0 unspecified atom stereocenters. The molecule has 0 aromatic carbocycles. The number of ketones is 3. The van der Waals surface area contributed by atoms with Gasteiger partial charge in [-0.2, -0.15) is 0 Å². The van der Waals surface area contributed by atoms with Crippen LogP contribution in [0.4, 0.5) is 0 Å². The molecule has 0 radical (unpaired) electrons. The molecule has 0 atom stereocenters. The van der Waals surface area contributed by atoms with Gasteiger partial charge in [-0.1, -0.05) is 0 Å². The number of alkyl halides is 2. The van der Waals surface area contributed by atoms with E-state index in [1.165, 1.54) is 0 Å². The molecule has 0 aromatic heterocycles. The highest BCUT2D eigenvalue weighted by atomic mass is 35.5. The van der Waals surface area contributed by atoms with Crippen molar-refractivity contribution in [2.24, 2.45) is 0 Å². The zero-order valence-corrected chi connectivity index (χ0v) is 6.41. The second kappa shape index (κ2) is 4.41. The fourth-order valence-corrected chi connectivity index (χ4v) is 0.520. The van der Waals surface area contributed by atoms with Gasteiger partial charge < -0.3 is 0 Å². The van der Waals surface area contributed by atoms with Gasteiger partial charge in [0.25, 0.3) is 5.78 Å². The quantitative estimate of drug-likeness (QED) is 0.354. The van der Waals surface area contributed by atoms with E-state index in [9.17, 15) is 14.4 Å². The SMILES string of the molecule is O=C(CCl)C(=O)C(=O)CCl. The molecule has 0 aliphatic heterocycles. The first-order valence-electron chi connectivity index (χ1n) is 2.35. The number of rotatable bonds is 4. The van der Waals surface area contributed by atoms with E-state index in [1.54, 1.807) is 0 Å². The lowest BCUT2D eigenvalue weighted by molar-refractivity contribution is -0.142. The Morgan fingerprint density at radius 3 is 1.40 bits per heavy atom. The third-order valence-electron chi connectivity index (χ3n) is 0.749. The van der Waals surface area contributed by atoms with Crippen LogP contribution in [0.1, 0.15) is 0 Å². The van der Waals surface area contributed by atoms with E-state index in [0.717, 1.165) is 0 Å². The molecule has 0 bridgehead atoms. The summed E-state index contributed by atoms with van der Waals surface area (Å²) in [5.41, 5.74) is 0. The molecule has 0 saturated carbocycles. The fraction of sp³-hybridized carbons (Fsp3) is 0.400. The van der Waals surface area contributed by atoms with Gasteiger partial charge in [-0.3, -0.25) is 14.4 Å². The van der Waals surface area contributed by atoms with Crippen molar-refractivity contribution in [2.45, 2.75) is 0 Å². The molecule has 0 spiro atoms. The van der Waals surface area contributed by atoms with Gasteiger partial charge in [0.2, 0.25) is 11.6 Å². The molecular formula is C5H4Cl2O3. The highest BCUT2D eigenvalue weighted by Crippen LogP contribution is 1.86. The van der Waals surface area contributed by atoms with Crippen LogP contribution in [0, 0.1) is 0 Å². The Balaban J connectivity index is 4.09. The van der Waals surface area contributed by atoms with Crippen LogP contribution in [-0.4, -0.2) is 29.1 Å². The fourth-order valence-electron chi connectivity index (χ4n) is 0.277. The van der Waals surface area contributed by atoms with E-state index in [4.69, 9.17) is 23.2 Å². The topological polar surface area (TPSA) is 51.2 Å². The maximum absolute atomic E-state index is 10.4. The molecule has 56 valence electrons. The summed E-state index contributed by atoms with van der Waals surface area (Å²) in [7, 11) is 0. The number of Topliss-reactive ketones (excluding diaryl/α,β-unsaturated/α-hetero) is 3. The molecule has 10 heavy (non-hydrogen) atoms. The minimum Gasteiger partial charge on any atom is -0.289 e. The van der Waals surface area contributed by atoms with Crippen LogP contribution in [0.2, 0.25) is 0 Å². The summed E-state index contributed by atoms with van der Waals surface area (Å²) in [5, 5.41) is 0. The van der Waals surface area contributed by atoms with Crippen molar-refractivity contribution in [3.8, 4) is 0 Å². The first kappa shape index (κ1) is 9.59. The summed E-state index contributed by atoms with van der Waals surface area (Å²) in [6.45, 7) is 0. The predicted molar refractivity (Wildman–Crippen MR) is 36.5 cm³/mol. The smallest absolute Gasteiger partial charge is 0.266 e. The first-order valence-corrected chi connectivity index (χ1v) is 3.42. The summed E-state index contributed by atoms with van der Waals surface area (Å²) in [6.07, 6.45) is 0. The molecule has 0 heterocycles. The molecule has 0 fully saturated rings. The molecule has 0 aromatic rings. The van der Waals surface area contributed by atoms with Crippen molar-refractivity contribution < 1.29 is 14.4 Å². The van der Waals surface area contributed by atoms with Crippen molar-refractivity contribution in [1.82, 2.24) is 0 Å². The minimum absolute atomic E-state index is 0.471. The van der Waals surface area contributed by atoms with Crippen LogP contribution in [0.15, 0.2) is 0 Å². The van der Waals surface area contributed by atoms with E-state index >= 15 is 0 Å². The van der Waals surface area contributed by atoms with Gasteiger partial charge in [0.05, 0.1) is 11.8 Å². The molecule has 0 N–H and O–H groups in total. The lowest BCUT2D eigenvalue weighted by atomic mass is 10.2. The summed E-state index contributed by atoms with van der Waals surface area (Å²) < 4.78 is 0. The largest absolute Gasteiger partial charge is 0.289 e. The number of halogens is 2. The Morgan fingerprint density at radius 2 is 1.20 bits per heavy atom. The zero-order chi connectivity index (χ0) is 8.15. The Labute approximate surface area is 67.3 Å². The van der Waals surface area contributed by atoms with E-state index in [1.807, 2.05) is 0 Å². The van der Waals surface area contributed by atoms with Gasteiger partial charge in [0.15, 0.2) is 0 Å². The van der Waals surface area contributed by atoms with Crippen LogP contribution >= 0.6 is 23.2 Å². The molecule has 3 nitrogen and oxygen atoms in total. The highest BCUT2D eigenvalue weighted by molar-refractivity contribution is 6.69. The molecule has 0 aliphatic carbocycles. The maximum atomic E-state index is 10.4. The van der Waals surface area contributed by atoms with Crippen LogP contribution in [0.3, 0.4) is 0 Å². The van der Waals surface area contributed by atoms with Crippen LogP contribution in [-0.2, 0) is 14.4 Å². The van der Waals surface area contributed by atoms with Gasteiger partial charge in [0, 0.05) is 0 Å². The highest BCUT2D eigenvalue weighted by Gasteiger charge is 2.19. The third-order valence-corrected chi connectivity index (χ3v) is 1.23. The molecular weight excluding hydrogens is 179 g/mol. The van der Waals surface area contributed by atoms with Gasteiger partial charge in [-0.15, -0.1) is 23.2 Å². The average molecular weight is 183 g/mol. The molecule has 0 rings (SSSR count). The van der Waals surface area contributed by atoms with Crippen LogP contribution in [0.5, 0.6) is 0 Å². The molecule has 0 saturated heterocycles. The molecule has 0 amide bonds. The van der Waals surface area contributed by atoms with E-state index in [-0.39, 0.29) is 0 Å². The standard InChI is InChI=1S/C5H4Cl2O3/c6-1-3(8)5(10)4(9)2-7/h1-2H2. The maximum Gasteiger partial charge on any atom is 0.266 e. The van der Waals surface area contributed by atoms with Crippen molar-refractivity contribution in [3.63, 3.8) is 0 Å². The zero-order valence-electron chi connectivity index (χ0n) is 4.89. The van der Waals surface area contributed by atoms with Crippen LogP contribution in [0.25, 0.3) is 0 Å². The molecule has 0 aliphatic rings. The Kier molecular flexibility index (Phi) is 4.23. The van der Waals surface area contributed by atoms with Gasteiger partial charge in [-0.25, -0.2) is 0 Å². The predicted octanol–water partition coefficient (Wildman–Crippen LogP) is 0.171. The van der Waals surface area contributed by atoms with Gasteiger partial charge in [-0.05, 0) is 0 Å². The number of carbonyl (C=O) groups is 3. The lowest BCUT2D eigenvalue weighted by Crippen LogP contribution is -2.25. The normalized spacial score (nSPS) is 9.00. The molecule has 5 heteroatoms. The van der Waals surface area contributed by atoms with Gasteiger partial charge >= 0.3 is 0 Å². The summed E-state index contributed by atoms with van der Waals surface area (Å²) in [4.78, 5) is 31.1. The summed E-state index contributed by atoms with van der Waals surface area (Å²) in [5.74, 6) is -3.88. The lowest BCUT2D eigenvalue weighted by Gasteiger charge is -1.89. The van der Waals surface area contributed by atoms with E-state index < -0.39 is 29.1 Å². The summed E-state index contributed by atoms with van der Waals surface area (Å²) >= 11 is 9.96. The van der Waals surface area contributed by atoms with E-state index in [0.29, 0.717) is 0 Å².